The van der Waals surface area contributed by atoms with Crippen LogP contribution in [-0.2, 0) is 15.1 Å². The van der Waals surface area contributed by atoms with Crippen LogP contribution in [0.4, 0.5) is 29.3 Å². The number of ether oxygens (including phenoxy) is 1. The molecule has 1 unspecified atom stereocenters. The number of aromatic nitrogens is 1. The molecule has 0 spiro atoms. The van der Waals surface area contributed by atoms with E-state index in [9.17, 15) is 27.9 Å². The van der Waals surface area contributed by atoms with E-state index in [1.54, 1.807) is 24.3 Å². The second-order valence-electron chi connectivity index (χ2n) is 6.25. The zero-order chi connectivity index (χ0) is 22.1. The molecule has 0 radical (unpaired) electrons. The number of H-pyrrole nitrogens is 1. The summed E-state index contributed by atoms with van der Waals surface area (Å²) >= 11 is 5.77. The van der Waals surface area contributed by atoms with Crippen molar-refractivity contribution in [2.45, 2.75) is 11.8 Å². The SMILES string of the molecule is COC(=O)C(O)(c1c[nH]c2ccc(NC(=O)Nc3ccc(Cl)cc3)cc12)C(F)(F)F. The highest BCUT2D eigenvalue weighted by Gasteiger charge is 2.63. The van der Waals surface area contributed by atoms with Crippen molar-refractivity contribution in [1.82, 2.24) is 4.98 Å². The third-order valence-corrected chi connectivity index (χ3v) is 4.57. The van der Waals surface area contributed by atoms with Crippen LogP contribution >= 0.6 is 11.6 Å². The Balaban J connectivity index is 1.93. The summed E-state index contributed by atoms with van der Waals surface area (Å²) in [4.78, 5) is 26.5. The lowest BCUT2D eigenvalue weighted by atomic mass is 9.92. The van der Waals surface area contributed by atoms with E-state index in [2.05, 4.69) is 20.4 Å². The fourth-order valence-electron chi connectivity index (χ4n) is 2.85. The molecule has 0 bridgehead atoms. The minimum Gasteiger partial charge on any atom is -0.466 e. The first-order valence-electron chi connectivity index (χ1n) is 8.39. The number of amides is 2. The number of methoxy groups -OCH3 is 1. The summed E-state index contributed by atoms with van der Waals surface area (Å²) in [5, 5.41) is 15.6. The van der Waals surface area contributed by atoms with E-state index in [-0.39, 0.29) is 16.6 Å². The van der Waals surface area contributed by atoms with Gasteiger partial charge in [-0.3, -0.25) is 0 Å². The van der Waals surface area contributed by atoms with Crippen LogP contribution in [0.15, 0.2) is 48.7 Å². The van der Waals surface area contributed by atoms with Crippen LogP contribution in [0.5, 0.6) is 0 Å². The molecule has 3 aromatic rings. The zero-order valence-corrected chi connectivity index (χ0v) is 16.1. The lowest BCUT2D eigenvalue weighted by molar-refractivity contribution is -0.266. The fraction of sp³-hybridized carbons (Fsp3) is 0.158. The molecule has 158 valence electrons. The van der Waals surface area contributed by atoms with E-state index in [0.29, 0.717) is 10.7 Å². The van der Waals surface area contributed by atoms with Gasteiger partial charge in [0.15, 0.2) is 0 Å². The van der Waals surface area contributed by atoms with Crippen molar-refractivity contribution in [2.24, 2.45) is 0 Å². The molecule has 0 aliphatic rings. The first-order valence-corrected chi connectivity index (χ1v) is 8.76. The Morgan fingerprint density at radius 3 is 2.27 bits per heavy atom. The van der Waals surface area contributed by atoms with E-state index in [0.717, 1.165) is 13.3 Å². The Kier molecular flexibility index (Phi) is 5.64. The van der Waals surface area contributed by atoms with Gasteiger partial charge in [0, 0.05) is 39.1 Å². The summed E-state index contributed by atoms with van der Waals surface area (Å²) in [5.74, 6) is -1.88. The van der Waals surface area contributed by atoms with Gasteiger partial charge in [-0.15, -0.1) is 0 Å². The molecule has 4 N–H and O–H groups in total. The Hall–Kier alpha value is -3.24. The van der Waals surface area contributed by atoms with Crippen LogP contribution in [0.3, 0.4) is 0 Å². The Bertz CT molecular complexity index is 1100. The van der Waals surface area contributed by atoms with Gasteiger partial charge in [-0.05, 0) is 42.5 Å². The number of carbonyl (C=O) groups excluding carboxylic acids is 2. The Labute approximate surface area is 172 Å². The zero-order valence-electron chi connectivity index (χ0n) is 15.3. The third kappa shape index (κ3) is 3.91. The third-order valence-electron chi connectivity index (χ3n) is 4.32. The molecule has 0 saturated carbocycles. The van der Waals surface area contributed by atoms with Crippen LogP contribution in [0, 0.1) is 0 Å². The number of alkyl halides is 3. The van der Waals surface area contributed by atoms with E-state index in [1.807, 2.05) is 0 Å². The Morgan fingerprint density at radius 1 is 1.07 bits per heavy atom. The van der Waals surface area contributed by atoms with E-state index >= 15 is 0 Å². The van der Waals surface area contributed by atoms with Crippen molar-refractivity contribution >= 4 is 45.9 Å². The quantitative estimate of drug-likeness (QED) is 0.451. The van der Waals surface area contributed by atoms with E-state index in [1.165, 1.54) is 18.2 Å². The van der Waals surface area contributed by atoms with E-state index in [4.69, 9.17) is 11.6 Å². The number of halogens is 4. The monoisotopic (exact) mass is 441 g/mol. The molecule has 1 atom stereocenters. The highest BCUT2D eigenvalue weighted by atomic mass is 35.5. The van der Waals surface area contributed by atoms with Crippen molar-refractivity contribution in [3.8, 4) is 0 Å². The van der Waals surface area contributed by atoms with Gasteiger partial charge in [-0.1, -0.05) is 11.6 Å². The second kappa shape index (κ2) is 7.88. The number of esters is 1. The molecule has 1 heterocycles. The lowest BCUT2D eigenvalue weighted by Crippen LogP contribution is -2.49. The van der Waals surface area contributed by atoms with Crippen molar-refractivity contribution < 1.29 is 32.6 Å². The number of benzene rings is 2. The molecule has 11 heteroatoms. The first-order chi connectivity index (χ1) is 14.1. The number of aromatic amines is 1. The van der Waals surface area contributed by atoms with Crippen LogP contribution in [0.1, 0.15) is 5.56 Å². The summed E-state index contributed by atoms with van der Waals surface area (Å²) in [6, 6.07) is 9.64. The molecule has 0 aliphatic heterocycles. The predicted molar refractivity (Wildman–Crippen MR) is 104 cm³/mol. The number of aliphatic hydroxyl groups is 1. The van der Waals surface area contributed by atoms with Crippen molar-refractivity contribution in [1.29, 1.82) is 0 Å². The molecule has 2 aromatic carbocycles. The fourth-order valence-corrected chi connectivity index (χ4v) is 2.98. The molecular weight excluding hydrogens is 427 g/mol. The molecule has 0 fully saturated rings. The van der Waals surface area contributed by atoms with Crippen LogP contribution < -0.4 is 10.6 Å². The average molecular weight is 442 g/mol. The number of hydrogen-bond acceptors (Lipinski definition) is 4. The maximum atomic E-state index is 13.6. The molecule has 7 nitrogen and oxygen atoms in total. The van der Waals surface area contributed by atoms with Gasteiger partial charge < -0.3 is 25.5 Å². The Morgan fingerprint density at radius 2 is 1.67 bits per heavy atom. The number of nitrogens with one attached hydrogen (secondary N) is 3. The standard InChI is InChI=1S/C19H15ClF3N3O4/c1-30-16(27)18(29,19(21,22)23)14-9-24-15-7-6-12(8-13(14)15)26-17(28)25-11-4-2-10(20)3-5-11/h2-9,24,29H,1H3,(H2,25,26,28). The smallest absolute Gasteiger partial charge is 0.432 e. The van der Waals surface area contributed by atoms with Crippen LogP contribution in [-0.4, -0.2) is 35.4 Å². The molecule has 2 amide bonds. The molecule has 0 saturated heterocycles. The number of anilines is 2. The number of rotatable bonds is 4. The van der Waals surface area contributed by atoms with E-state index < -0.39 is 29.3 Å². The predicted octanol–water partition coefficient (Wildman–Crippen LogP) is 4.39. The minimum absolute atomic E-state index is 0.121. The van der Waals surface area contributed by atoms with Gasteiger partial charge in [0.05, 0.1) is 7.11 Å². The topological polar surface area (TPSA) is 103 Å². The van der Waals surface area contributed by atoms with Crippen LogP contribution in [0.25, 0.3) is 10.9 Å². The highest BCUT2D eigenvalue weighted by Crippen LogP contribution is 2.43. The lowest BCUT2D eigenvalue weighted by Gasteiger charge is -2.27. The summed E-state index contributed by atoms with van der Waals surface area (Å²) in [6.45, 7) is 0. The summed E-state index contributed by atoms with van der Waals surface area (Å²) in [6.07, 6.45) is -4.47. The van der Waals surface area contributed by atoms with Gasteiger partial charge in [0.1, 0.15) is 0 Å². The number of fused-ring (bicyclic) bond motifs is 1. The number of carbonyl (C=O) groups is 2. The van der Waals surface area contributed by atoms with Crippen molar-refractivity contribution in [3.05, 3.63) is 59.2 Å². The average Bonchev–Trinajstić information content (AvgIpc) is 3.11. The molecule has 30 heavy (non-hydrogen) atoms. The van der Waals surface area contributed by atoms with Gasteiger partial charge in [0.2, 0.25) is 0 Å². The summed E-state index contributed by atoms with van der Waals surface area (Å²) in [5.41, 5.74) is -3.86. The second-order valence-corrected chi connectivity index (χ2v) is 6.68. The van der Waals surface area contributed by atoms with Crippen LogP contribution in [0.2, 0.25) is 5.02 Å². The maximum absolute atomic E-state index is 13.6. The largest absolute Gasteiger partial charge is 0.466 e. The maximum Gasteiger partial charge on any atom is 0.432 e. The number of urea groups is 1. The molecule has 0 aliphatic carbocycles. The van der Waals surface area contributed by atoms with Gasteiger partial charge in [0.25, 0.3) is 5.60 Å². The van der Waals surface area contributed by atoms with Crippen molar-refractivity contribution in [3.63, 3.8) is 0 Å². The first kappa shape index (κ1) is 21.5. The van der Waals surface area contributed by atoms with Gasteiger partial charge in [-0.2, -0.15) is 13.2 Å². The molecule has 1 aromatic heterocycles. The minimum atomic E-state index is -5.34. The molecular formula is C19H15ClF3N3O4. The van der Waals surface area contributed by atoms with Gasteiger partial charge >= 0.3 is 18.2 Å². The van der Waals surface area contributed by atoms with Gasteiger partial charge in [-0.25, -0.2) is 9.59 Å². The molecule has 3 rings (SSSR count). The normalized spacial score (nSPS) is 13.5. The van der Waals surface area contributed by atoms with Crippen molar-refractivity contribution in [2.75, 3.05) is 17.7 Å². The summed E-state index contributed by atoms with van der Waals surface area (Å²) < 4.78 is 44.9. The summed E-state index contributed by atoms with van der Waals surface area (Å²) in [7, 11) is 0.738. The number of hydrogen-bond donors (Lipinski definition) is 4. The highest BCUT2D eigenvalue weighted by molar-refractivity contribution is 6.30.